The molecule has 1 aliphatic rings. The minimum absolute atomic E-state index is 0.0510. The highest BCUT2D eigenvalue weighted by Crippen LogP contribution is 2.17. The van der Waals surface area contributed by atoms with Gasteiger partial charge < -0.3 is 15.5 Å². The van der Waals surface area contributed by atoms with Crippen LogP contribution in [-0.2, 0) is 0 Å². The highest BCUT2D eigenvalue weighted by molar-refractivity contribution is 5.87. The number of amidine groups is 1. The van der Waals surface area contributed by atoms with Gasteiger partial charge in [0.05, 0.1) is 6.04 Å². The van der Waals surface area contributed by atoms with Gasteiger partial charge in [0.1, 0.15) is 5.84 Å². The lowest BCUT2D eigenvalue weighted by Crippen LogP contribution is -2.53. The van der Waals surface area contributed by atoms with E-state index in [1.807, 2.05) is 0 Å². The molecule has 0 radical (unpaired) electrons. The van der Waals surface area contributed by atoms with Crippen molar-refractivity contribution in [2.24, 2.45) is 5.73 Å². The van der Waals surface area contributed by atoms with Crippen molar-refractivity contribution in [1.29, 1.82) is 5.41 Å². The quantitative estimate of drug-likeness (QED) is 0.474. The van der Waals surface area contributed by atoms with Gasteiger partial charge in [-0.3, -0.25) is 5.41 Å². The maximum absolute atomic E-state index is 11.7. The van der Waals surface area contributed by atoms with Crippen molar-refractivity contribution < 1.29 is 4.79 Å². The number of nitrogens with zero attached hydrogens (tertiary/aromatic N) is 2. The summed E-state index contributed by atoms with van der Waals surface area (Å²) in [5.41, 5.74) is 5.47. The first-order chi connectivity index (χ1) is 6.54. The number of nitrogens with two attached hydrogens (primary N) is 1. The van der Waals surface area contributed by atoms with Gasteiger partial charge in [0.2, 0.25) is 0 Å². The summed E-state index contributed by atoms with van der Waals surface area (Å²) >= 11 is 0. The maximum Gasteiger partial charge on any atom is 0.320 e. The van der Waals surface area contributed by atoms with E-state index in [4.69, 9.17) is 11.1 Å². The highest BCUT2D eigenvalue weighted by Gasteiger charge is 2.29. The van der Waals surface area contributed by atoms with Crippen LogP contribution in [0.4, 0.5) is 4.79 Å². The number of rotatable bonds is 1. The molecule has 0 spiro atoms. The van der Waals surface area contributed by atoms with Crippen molar-refractivity contribution in [3.05, 3.63) is 0 Å². The molecule has 0 saturated carbocycles. The zero-order valence-electron chi connectivity index (χ0n) is 8.79. The molecule has 1 heterocycles. The second kappa shape index (κ2) is 4.30. The number of carbonyl (C=O) groups excluding carboxylic acids is 1. The molecule has 2 amide bonds. The number of amides is 2. The summed E-state index contributed by atoms with van der Waals surface area (Å²) in [6.45, 7) is 0.710. The second-order valence-electron chi connectivity index (χ2n) is 3.84. The van der Waals surface area contributed by atoms with Gasteiger partial charge in [-0.2, -0.15) is 0 Å². The van der Waals surface area contributed by atoms with Gasteiger partial charge in [-0.25, -0.2) is 4.79 Å². The van der Waals surface area contributed by atoms with Gasteiger partial charge in [0.15, 0.2) is 0 Å². The Morgan fingerprint density at radius 2 is 2.14 bits per heavy atom. The van der Waals surface area contributed by atoms with E-state index in [2.05, 4.69) is 0 Å². The SMILES string of the molecule is CN(C)C(=O)N1CCCCC1C(=N)N. The maximum atomic E-state index is 11.7. The van der Waals surface area contributed by atoms with Crippen LogP contribution in [0.2, 0.25) is 0 Å². The molecule has 0 aromatic heterocycles. The molecule has 14 heavy (non-hydrogen) atoms. The summed E-state index contributed by atoms with van der Waals surface area (Å²) in [6, 6.07) is -0.247. The van der Waals surface area contributed by atoms with E-state index in [-0.39, 0.29) is 17.9 Å². The lowest BCUT2D eigenvalue weighted by atomic mass is 10.0. The number of hydrogen-bond donors (Lipinski definition) is 2. The summed E-state index contributed by atoms with van der Waals surface area (Å²) in [4.78, 5) is 14.9. The van der Waals surface area contributed by atoms with Crippen LogP contribution in [-0.4, -0.2) is 48.3 Å². The molecule has 5 heteroatoms. The van der Waals surface area contributed by atoms with Crippen LogP contribution in [0.5, 0.6) is 0 Å². The fourth-order valence-corrected chi connectivity index (χ4v) is 1.74. The van der Waals surface area contributed by atoms with Crippen molar-refractivity contribution in [3.8, 4) is 0 Å². The number of urea groups is 1. The molecule has 1 rings (SSSR count). The van der Waals surface area contributed by atoms with Crippen LogP contribution < -0.4 is 5.73 Å². The summed E-state index contributed by atoms with van der Waals surface area (Å²) in [5.74, 6) is 0.0971. The van der Waals surface area contributed by atoms with Gasteiger partial charge in [0.25, 0.3) is 0 Å². The van der Waals surface area contributed by atoms with Crippen molar-refractivity contribution in [2.45, 2.75) is 25.3 Å². The van der Waals surface area contributed by atoms with Crippen LogP contribution in [0, 0.1) is 5.41 Å². The first kappa shape index (κ1) is 10.8. The van der Waals surface area contributed by atoms with Gasteiger partial charge in [0, 0.05) is 20.6 Å². The number of piperidine rings is 1. The van der Waals surface area contributed by atoms with E-state index >= 15 is 0 Å². The Morgan fingerprint density at radius 3 is 2.64 bits per heavy atom. The smallest absolute Gasteiger partial charge is 0.320 e. The summed E-state index contributed by atoms with van der Waals surface area (Å²) < 4.78 is 0. The molecule has 1 fully saturated rings. The van der Waals surface area contributed by atoms with E-state index in [9.17, 15) is 4.79 Å². The lowest BCUT2D eigenvalue weighted by molar-refractivity contribution is 0.147. The van der Waals surface area contributed by atoms with Crippen molar-refractivity contribution >= 4 is 11.9 Å². The predicted molar refractivity (Wildman–Crippen MR) is 55.3 cm³/mol. The van der Waals surface area contributed by atoms with Crippen LogP contribution in [0.1, 0.15) is 19.3 Å². The van der Waals surface area contributed by atoms with Crippen LogP contribution in [0.15, 0.2) is 0 Å². The Hall–Kier alpha value is -1.26. The largest absolute Gasteiger partial charge is 0.386 e. The molecular formula is C9H18N4O. The molecular weight excluding hydrogens is 180 g/mol. The Balaban J connectivity index is 2.72. The average Bonchev–Trinajstić information content (AvgIpc) is 2.16. The van der Waals surface area contributed by atoms with Crippen LogP contribution in [0.3, 0.4) is 0 Å². The third-order valence-electron chi connectivity index (χ3n) is 2.49. The fraction of sp³-hybridized carbons (Fsp3) is 0.778. The highest BCUT2D eigenvalue weighted by atomic mass is 16.2. The minimum Gasteiger partial charge on any atom is -0.386 e. The zero-order chi connectivity index (χ0) is 10.7. The van der Waals surface area contributed by atoms with Crippen LogP contribution in [0.25, 0.3) is 0 Å². The van der Waals surface area contributed by atoms with E-state index < -0.39 is 0 Å². The first-order valence-electron chi connectivity index (χ1n) is 4.86. The van der Waals surface area contributed by atoms with Gasteiger partial charge in [-0.1, -0.05) is 0 Å². The molecule has 1 atom stereocenters. The number of hydrogen-bond acceptors (Lipinski definition) is 2. The second-order valence-corrected chi connectivity index (χ2v) is 3.84. The molecule has 1 saturated heterocycles. The molecule has 0 aliphatic carbocycles. The molecule has 3 N–H and O–H groups in total. The van der Waals surface area contributed by atoms with Gasteiger partial charge in [-0.05, 0) is 19.3 Å². The molecule has 0 aromatic rings. The molecule has 5 nitrogen and oxygen atoms in total. The Kier molecular flexibility index (Phi) is 3.33. The topological polar surface area (TPSA) is 73.4 Å². The average molecular weight is 198 g/mol. The standard InChI is InChI=1S/C9H18N4O/c1-12(2)9(14)13-6-4-3-5-7(13)8(10)11/h7H,3-6H2,1-2H3,(H3,10,11). The third-order valence-corrected chi connectivity index (χ3v) is 2.49. The molecule has 0 bridgehead atoms. The van der Waals surface area contributed by atoms with Gasteiger partial charge in [-0.15, -0.1) is 0 Å². The van der Waals surface area contributed by atoms with Crippen LogP contribution >= 0.6 is 0 Å². The number of nitrogens with one attached hydrogen (secondary N) is 1. The molecule has 1 aliphatic heterocycles. The van der Waals surface area contributed by atoms with Crippen molar-refractivity contribution in [2.75, 3.05) is 20.6 Å². The number of likely N-dealkylation sites (tertiary alicyclic amines) is 1. The Bertz CT molecular complexity index is 239. The normalized spacial score (nSPS) is 21.9. The minimum atomic E-state index is -0.196. The van der Waals surface area contributed by atoms with E-state index in [1.165, 1.54) is 4.90 Å². The molecule has 80 valence electrons. The number of carbonyl (C=O) groups is 1. The first-order valence-corrected chi connectivity index (χ1v) is 4.86. The molecule has 1 unspecified atom stereocenters. The van der Waals surface area contributed by atoms with Gasteiger partial charge >= 0.3 is 6.03 Å². The van der Waals surface area contributed by atoms with E-state index in [1.54, 1.807) is 19.0 Å². The fourth-order valence-electron chi connectivity index (χ4n) is 1.74. The summed E-state index contributed by atoms with van der Waals surface area (Å²) in [7, 11) is 3.43. The van der Waals surface area contributed by atoms with E-state index in [0.29, 0.717) is 6.54 Å². The lowest BCUT2D eigenvalue weighted by Gasteiger charge is -2.36. The van der Waals surface area contributed by atoms with Crippen molar-refractivity contribution in [1.82, 2.24) is 9.80 Å². The zero-order valence-corrected chi connectivity index (χ0v) is 8.79. The monoisotopic (exact) mass is 198 g/mol. The Morgan fingerprint density at radius 1 is 1.50 bits per heavy atom. The third kappa shape index (κ3) is 2.16. The van der Waals surface area contributed by atoms with Crippen molar-refractivity contribution in [3.63, 3.8) is 0 Å². The molecule has 0 aromatic carbocycles. The predicted octanol–water partition coefficient (Wildman–Crippen LogP) is 0.458. The Labute approximate surface area is 84.4 Å². The summed E-state index contributed by atoms with van der Waals surface area (Å²) in [5, 5.41) is 7.42. The van der Waals surface area contributed by atoms with E-state index in [0.717, 1.165) is 19.3 Å². The summed E-state index contributed by atoms with van der Waals surface area (Å²) in [6.07, 6.45) is 2.86.